The molecule has 1 aromatic carbocycles. The van der Waals surface area contributed by atoms with E-state index in [1.54, 1.807) is 31.4 Å². The van der Waals surface area contributed by atoms with E-state index in [4.69, 9.17) is 9.47 Å². The van der Waals surface area contributed by atoms with Crippen molar-refractivity contribution < 1.29 is 14.3 Å². The molecule has 0 unspecified atom stereocenters. The van der Waals surface area contributed by atoms with Crippen LogP contribution >= 0.6 is 0 Å². The SMILES string of the molecule is CCOC(=N[C@@H](C)CC)NC(=O)c1cccc(OC)c1. The van der Waals surface area contributed by atoms with Crippen LogP contribution in [0.1, 0.15) is 37.6 Å². The first-order valence-corrected chi connectivity index (χ1v) is 6.76. The highest BCUT2D eigenvalue weighted by molar-refractivity contribution is 6.04. The van der Waals surface area contributed by atoms with Gasteiger partial charge in [0.1, 0.15) is 5.75 Å². The Kier molecular flexibility index (Phi) is 6.56. The van der Waals surface area contributed by atoms with Gasteiger partial charge in [-0.05, 0) is 38.5 Å². The number of nitrogens with one attached hydrogen (secondary N) is 1. The van der Waals surface area contributed by atoms with Crippen LogP contribution in [0.3, 0.4) is 0 Å². The van der Waals surface area contributed by atoms with Crippen LogP contribution in [0.2, 0.25) is 0 Å². The molecule has 20 heavy (non-hydrogen) atoms. The second-order valence-electron chi connectivity index (χ2n) is 4.31. The minimum absolute atomic E-state index is 0.0992. The van der Waals surface area contributed by atoms with E-state index in [1.807, 2.05) is 20.8 Å². The fraction of sp³-hybridized carbons (Fsp3) is 0.467. The van der Waals surface area contributed by atoms with Crippen LogP contribution < -0.4 is 10.1 Å². The van der Waals surface area contributed by atoms with Gasteiger partial charge >= 0.3 is 0 Å². The van der Waals surface area contributed by atoms with Gasteiger partial charge in [0.25, 0.3) is 11.9 Å². The lowest BCUT2D eigenvalue weighted by atomic mass is 10.2. The molecule has 0 radical (unpaired) electrons. The number of ether oxygens (including phenoxy) is 2. The topological polar surface area (TPSA) is 59.9 Å². The maximum atomic E-state index is 12.1. The molecule has 0 spiro atoms. The van der Waals surface area contributed by atoms with Gasteiger partial charge in [0.05, 0.1) is 19.8 Å². The predicted octanol–water partition coefficient (Wildman–Crippen LogP) is 2.62. The van der Waals surface area contributed by atoms with Gasteiger partial charge in [-0.15, -0.1) is 0 Å². The van der Waals surface area contributed by atoms with Crippen LogP contribution in [0.25, 0.3) is 0 Å². The molecule has 0 aliphatic heterocycles. The molecule has 1 amide bonds. The Morgan fingerprint density at radius 2 is 2.15 bits per heavy atom. The van der Waals surface area contributed by atoms with Gasteiger partial charge in [-0.25, -0.2) is 4.99 Å². The highest BCUT2D eigenvalue weighted by Crippen LogP contribution is 2.12. The zero-order valence-corrected chi connectivity index (χ0v) is 12.5. The molecule has 5 heteroatoms. The van der Waals surface area contributed by atoms with E-state index in [9.17, 15) is 4.79 Å². The number of methoxy groups -OCH3 is 1. The van der Waals surface area contributed by atoms with Crippen molar-refractivity contribution in [2.75, 3.05) is 13.7 Å². The van der Waals surface area contributed by atoms with Crippen LogP contribution in [0.4, 0.5) is 0 Å². The van der Waals surface area contributed by atoms with E-state index in [2.05, 4.69) is 10.3 Å². The number of amidine groups is 1. The fourth-order valence-corrected chi connectivity index (χ4v) is 1.47. The summed E-state index contributed by atoms with van der Waals surface area (Å²) in [6, 6.07) is 7.29. The minimum Gasteiger partial charge on any atom is -0.497 e. The van der Waals surface area contributed by atoms with Crippen LogP contribution in [-0.4, -0.2) is 31.7 Å². The second kappa shape index (κ2) is 8.19. The van der Waals surface area contributed by atoms with Gasteiger partial charge in [-0.3, -0.25) is 10.1 Å². The van der Waals surface area contributed by atoms with Crippen molar-refractivity contribution in [1.82, 2.24) is 5.32 Å². The third-order valence-corrected chi connectivity index (χ3v) is 2.76. The fourth-order valence-electron chi connectivity index (χ4n) is 1.47. The number of benzene rings is 1. The molecule has 110 valence electrons. The average Bonchev–Trinajstić information content (AvgIpc) is 2.47. The van der Waals surface area contributed by atoms with Crippen LogP contribution in [-0.2, 0) is 4.74 Å². The molecule has 0 saturated carbocycles. The van der Waals surface area contributed by atoms with Gasteiger partial charge in [0.2, 0.25) is 0 Å². The zero-order chi connectivity index (χ0) is 15.0. The third-order valence-electron chi connectivity index (χ3n) is 2.76. The molecule has 0 bridgehead atoms. The number of aliphatic imine (C=N–C) groups is 1. The molecule has 1 N–H and O–H groups in total. The molecule has 1 rings (SSSR count). The molecule has 0 heterocycles. The maximum Gasteiger partial charge on any atom is 0.291 e. The summed E-state index contributed by atoms with van der Waals surface area (Å²) in [6.07, 6.45) is 0.881. The number of hydrogen-bond donors (Lipinski definition) is 1. The molecule has 1 atom stereocenters. The van der Waals surface area contributed by atoms with Crippen LogP contribution in [0.5, 0.6) is 5.75 Å². The summed E-state index contributed by atoms with van der Waals surface area (Å²) in [4.78, 5) is 16.5. The summed E-state index contributed by atoms with van der Waals surface area (Å²) >= 11 is 0. The van der Waals surface area contributed by atoms with E-state index in [1.165, 1.54) is 0 Å². The quantitative estimate of drug-likeness (QED) is 0.665. The zero-order valence-electron chi connectivity index (χ0n) is 12.5. The van der Waals surface area contributed by atoms with Crippen LogP contribution in [0.15, 0.2) is 29.3 Å². The number of nitrogens with zero attached hydrogens (tertiary/aromatic N) is 1. The summed E-state index contributed by atoms with van der Waals surface area (Å²) in [5.74, 6) is 0.369. The lowest BCUT2D eigenvalue weighted by Crippen LogP contribution is -2.33. The summed E-state index contributed by atoms with van der Waals surface area (Å²) in [7, 11) is 1.56. The van der Waals surface area contributed by atoms with Gasteiger partial charge in [-0.1, -0.05) is 13.0 Å². The summed E-state index contributed by atoms with van der Waals surface area (Å²) in [5, 5.41) is 2.68. The van der Waals surface area contributed by atoms with Crippen molar-refractivity contribution in [2.24, 2.45) is 4.99 Å². The predicted molar refractivity (Wildman–Crippen MR) is 79.3 cm³/mol. The van der Waals surface area contributed by atoms with Gasteiger partial charge in [-0.2, -0.15) is 0 Å². The van der Waals surface area contributed by atoms with E-state index in [0.29, 0.717) is 17.9 Å². The average molecular weight is 278 g/mol. The number of hydrogen-bond acceptors (Lipinski definition) is 4. The Morgan fingerprint density at radius 3 is 2.75 bits per heavy atom. The van der Waals surface area contributed by atoms with Gasteiger partial charge in [0, 0.05) is 5.56 Å². The smallest absolute Gasteiger partial charge is 0.291 e. The first-order chi connectivity index (χ1) is 9.60. The largest absolute Gasteiger partial charge is 0.497 e. The monoisotopic (exact) mass is 278 g/mol. The first-order valence-electron chi connectivity index (χ1n) is 6.76. The van der Waals surface area contributed by atoms with E-state index in [0.717, 1.165) is 6.42 Å². The second-order valence-corrected chi connectivity index (χ2v) is 4.31. The Morgan fingerprint density at radius 1 is 1.40 bits per heavy atom. The van der Waals surface area contributed by atoms with E-state index >= 15 is 0 Å². The van der Waals surface area contributed by atoms with Gasteiger partial charge < -0.3 is 9.47 Å². The molecular formula is C15H22N2O3. The number of carbonyl (C=O) groups excluding carboxylic acids is 1. The lowest BCUT2D eigenvalue weighted by Gasteiger charge is -2.11. The number of rotatable bonds is 5. The number of carbonyl (C=O) groups is 1. The van der Waals surface area contributed by atoms with Crippen molar-refractivity contribution >= 4 is 11.9 Å². The normalized spacial score (nSPS) is 12.7. The Hall–Kier alpha value is -2.04. The van der Waals surface area contributed by atoms with Crippen LogP contribution in [0, 0.1) is 0 Å². The Bertz CT molecular complexity index is 472. The first kappa shape index (κ1) is 16.0. The number of amides is 1. The molecule has 0 aliphatic carbocycles. The maximum absolute atomic E-state index is 12.1. The lowest BCUT2D eigenvalue weighted by molar-refractivity contribution is 0.0965. The minimum atomic E-state index is -0.264. The molecule has 5 nitrogen and oxygen atoms in total. The van der Waals surface area contributed by atoms with Crippen molar-refractivity contribution in [3.8, 4) is 5.75 Å². The Balaban J connectivity index is 2.82. The van der Waals surface area contributed by atoms with Crippen molar-refractivity contribution in [2.45, 2.75) is 33.2 Å². The summed E-state index contributed by atoms with van der Waals surface area (Å²) < 4.78 is 10.4. The highest BCUT2D eigenvalue weighted by atomic mass is 16.5. The van der Waals surface area contributed by atoms with E-state index in [-0.39, 0.29) is 18.0 Å². The van der Waals surface area contributed by atoms with E-state index < -0.39 is 0 Å². The van der Waals surface area contributed by atoms with Crippen molar-refractivity contribution in [3.63, 3.8) is 0 Å². The molecule has 0 fully saturated rings. The molecule has 0 aromatic heterocycles. The molecule has 0 aliphatic rings. The van der Waals surface area contributed by atoms with Gasteiger partial charge in [0.15, 0.2) is 0 Å². The summed E-state index contributed by atoms with van der Waals surface area (Å²) in [6.45, 7) is 6.30. The standard InChI is InChI=1S/C15H22N2O3/c1-5-11(3)16-15(20-6-2)17-14(18)12-8-7-9-13(10-12)19-4/h7-11H,5-6H2,1-4H3,(H,16,17,18)/t11-/m0/s1. The van der Waals surface area contributed by atoms with Crippen molar-refractivity contribution in [3.05, 3.63) is 29.8 Å². The summed E-state index contributed by atoms with van der Waals surface area (Å²) in [5.41, 5.74) is 0.501. The third kappa shape index (κ3) is 4.91. The molecule has 0 saturated heterocycles. The molecule has 1 aromatic rings. The molecular weight excluding hydrogens is 256 g/mol. The Labute approximate surface area is 120 Å². The highest BCUT2D eigenvalue weighted by Gasteiger charge is 2.11. The van der Waals surface area contributed by atoms with Crippen molar-refractivity contribution in [1.29, 1.82) is 0 Å².